The number of benzene rings is 1. The lowest BCUT2D eigenvalue weighted by atomic mass is 10.1. The molecule has 1 atom stereocenters. The Morgan fingerprint density at radius 3 is 2.50 bits per heavy atom. The zero-order valence-electron chi connectivity index (χ0n) is 12.8. The maximum absolute atomic E-state index is 11.9. The average molecular weight is 275 g/mol. The number of amides is 1. The van der Waals surface area contributed by atoms with Crippen molar-refractivity contribution in [1.82, 2.24) is 5.32 Å². The van der Waals surface area contributed by atoms with E-state index in [1.807, 2.05) is 45.0 Å². The summed E-state index contributed by atoms with van der Waals surface area (Å²) < 4.78 is 5.30. The fourth-order valence-electron chi connectivity index (χ4n) is 1.79. The molecular formula is C17H25NO2. The molecule has 20 heavy (non-hydrogen) atoms. The molecule has 0 fully saturated rings. The van der Waals surface area contributed by atoms with E-state index in [-0.39, 0.29) is 12.1 Å². The van der Waals surface area contributed by atoms with Gasteiger partial charge in [0.05, 0.1) is 6.04 Å². The van der Waals surface area contributed by atoms with Gasteiger partial charge in [-0.05, 0) is 39.2 Å². The first kappa shape index (κ1) is 16.3. The first-order valence-corrected chi connectivity index (χ1v) is 7.11. The second-order valence-electron chi connectivity index (χ2n) is 5.78. The summed E-state index contributed by atoms with van der Waals surface area (Å²) in [6.07, 6.45) is 5.42. The van der Waals surface area contributed by atoms with E-state index in [0.29, 0.717) is 0 Å². The molecule has 0 aromatic heterocycles. The monoisotopic (exact) mass is 275 g/mol. The topological polar surface area (TPSA) is 38.3 Å². The Morgan fingerprint density at radius 2 is 1.95 bits per heavy atom. The van der Waals surface area contributed by atoms with Gasteiger partial charge in [-0.25, -0.2) is 4.79 Å². The van der Waals surface area contributed by atoms with Gasteiger partial charge in [-0.2, -0.15) is 0 Å². The minimum absolute atomic E-state index is 0.0489. The van der Waals surface area contributed by atoms with E-state index in [1.54, 1.807) is 0 Å². The predicted octanol–water partition coefficient (Wildman–Crippen LogP) is 4.09. The van der Waals surface area contributed by atoms with Crippen molar-refractivity contribution in [3.05, 3.63) is 48.0 Å². The number of allylic oxidation sites excluding steroid dienone is 1. The van der Waals surface area contributed by atoms with Crippen LogP contribution in [0.4, 0.5) is 4.79 Å². The summed E-state index contributed by atoms with van der Waals surface area (Å²) in [7, 11) is 0. The molecule has 0 spiro atoms. The zero-order chi connectivity index (χ0) is 15.0. The molecular weight excluding hydrogens is 250 g/mol. The smallest absolute Gasteiger partial charge is 0.408 e. The SMILES string of the molecule is CCC=C[C@H](Cc1ccccc1)NC(=O)OC(C)(C)C. The van der Waals surface area contributed by atoms with Crippen LogP contribution in [0.5, 0.6) is 0 Å². The van der Waals surface area contributed by atoms with E-state index in [1.165, 1.54) is 5.56 Å². The highest BCUT2D eigenvalue weighted by molar-refractivity contribution is 5.68. The van der Waals surface area contributed by atoms with E-state index >= 15 is 0 Å². The summed E-state index contributed by atoms with van der Waals surface area (Å²) in [6, 6.07) is 10.1. The van der Waals surface area contributed by atoms with Gasteiger partial charge in [0.2, 0.25) is 0 Å². The number of rotatable bonds is 5. The van der Waals surface area contributed by atoms with E-state index in [9.17, 15) is 4.79 Å². The van der Waals surface area contributed by atoms with E-state index in [0.717, 1.165) is 12.8 Å². The second kappa shape index (κ2) is 7.73. The maximum atomic E-state index is 11.9. The Labute approximate surface area is 122 Å². The third-order valence-electron chi connectivity index (χ3n) is 2.60. The molecule has 0 saturated heterocycles. The van der Waals surface area contributed by atoms with Gasteiger partial charge >= 0.3 is 6.09 Å². The highest BCUT2D eigenvalue weighted by atomic mass is 16.6. The third kappa shape index (κ3) is 6.98. The number of alkyl carbamates (subject to hydrolysis) is 1. The summed E-state index contributed by atoms with van der Waals surface area (Å²) in [4.78, 5) is 11.9. The minimum atomic E-state index is -0.476. The Kier molecular flexibility index (Phi) is 6.29. The maximum Gasteiger partial charge on any atom is 0.408 e. The van der Waals surface area contributed by atoms with Crippen LogP contribution >= 0.6 is 0 Å². The van der Waals surface area contributed by atoms with Crippen molar-refractivity contribution in [2.45, 2.75) is 52.2 Å². The molecule has 0 bridgehead atoms. The molecule has 0 aliphatic rings. The van der Waals surface area contributed by atoms with Crippen LogP contribution in [0.25, 0.3) is 0 Å². The molecule has 1 amide bonds. The predicted molar refractivity (Wildman–Crippen MR) is 82.7 cm³/mol. The highest BCUT2D eigenvalue weighted by Crippen LogP contribution is 2.09. The normalized spacial score (nSPS) is 13.2. The van der Waals surface area contributed by atoms with Crippen LogP contribution < -0.4 is 5.32 Å². The Hall–Kier alpha value is -1.77. The molecule has 0 aliphatic heterocycles. The van der Waals surface area contributed by atoms with Gasteiger partial charge in [-0.1, -0.05) is 49.4 Å². The quantitative estimate of drug-likeness (QED) is 0.822. The zero-order valence-corrected chi connectivity index (χ0v) is 12.8. The van der Waals surface area contributed by atoms with E-state index < -0.39 is 5.60 Å². The molecule has 0 unspecified atom stereocenters. The van der Waals surface area contributed by atoms with E-state index in [4.69, 9.17) is 4.74 Å². The lowest BCUT2D eigenvalue weighted by Gasteiger charge is -2.22. The van der Waals surface area contributed by atoms with Crippen LogP contribution in [0.2, 0.25) is 0 Å². The van der Waals surface area contributed by atoms with Gasteiger partial charge in [0.25, 0.3) is 0 Å². The molecule has 0 aliphatic carbocycles. The van der Waals surface area contributed by atoms with Crippen molar-refractivity contribution in [2.75, 3.05) is 0 Å². The van der Waals surface area contributed by atoms with Gasteiger partial charge in [0.15, 0.2) is 0 Å². The standard InChI is InChI=1S/C17H25NO2/c1-5-6-12-15(13-14-10-8-7-9-11-14)18-16(19)20-17(2,3)4/h6-12,15H,5,13H2,1-4H3,(H,18,19)/t15-/m1/s1. The Morgan fingerprint density at radius 1 is 1.30 bits per heavy atom. The number of nitrogens with one attached hydrogen (secondary N) is 1. The van der Waals surface area contributed by atoms with Crippen molar-refractivity contribution in [2.24, 2.45) is 0 Å². The van der Waals surface area contributed by atoms with Gasteiger partial charge in [-0.3, -0.25) is 0 Å². The van der Waals surface area contributed by atoms with Crippen molar-refractivity contribution in [1.29, 1.82) is 0 Å². The van der Waals surface area contributed by atoms with Crippen LogP contribution in [0, 0.1) is 0 Å². The molecule has 1 aromatic rings. The number of ether oxygens (including phenoxy) is 1. The van der Waals surface area contributed by atoms with Gasteiger partial charge < -0.3 is 10.1 Å². The van der Waals surface area contributed by atoms with Crippen molar-refractivity contribution in [3.63, 3.8) is 0 Å². The molecule has 110 valence electrons. The first-order chi connectivity index (χ1) is 9.40. The average Bonchev–Trinajstić information content (AvgIpc) is 2.35. The van der Waals surface area contributed by atoms with Crippen molar-refractivity contribution >= 4 is 6.09 Å². The van der Waals surface area contributed by atoms with Crippen LogP contribution in [0.3, 0.4) is 0 Å². The van der Waals surface area contributed by atoms with Gasteiger partial charge in [-0.15, -0.1) is 0 Å². The molecule has 3 heteroatoms. The molecule has 0 saturated carbocycles. The minimum Gasteiger partial charge on any atom is -0.444 e. The molecule has 1 N–H and O–H groups in total. The second-order valence-corrected chi connectivity index (χ2v) is 5.78. The molecule has 3 nitrogen and oxygen atoms in total. The molecule has 1 rings (SSSR count). The summed E-state index contributed by atoms with van der Waals surface area (Å²) in [5, 5.41) is 2.91. The van der Waals surface area contributed by atoms with Crippen molar-refractivity contribution < 1.29 is 9.53 Å². The van der Waals surface area contributed by atoms with Gasteiger partial charge in [0.1, 0.15) is 5.60 Å². The van der Waals surface area contributed by atoms with Crippen molar-refractivity contribution in [3.8, 4) is 0 Å². The first-order valence-electron chi connectivity index (χ1n) is 7.11. The van der Waals surface area contributed by atoms with Gasteiger partial charge in [0, 0.05) is 0 Å². The summed E-state index contributed by atoms with van der Waals surface area (Å²) in [5.74, 6) is 0. The van der Waals surface area contributed by atoms with Crippen LogP contribution in [-0.4, -0.2) is 17.7 Å². The number of carbonyl (C=O) groups is 1. The fourth-order valence-corrected chi connectivity index (χ4v) is 1.79. The van der Waals surface area contributed by atoms with Crippen LogP contribution in [0.15, 0.2) is 42.5 Å². The van der Waals surface area contributed by atoms with Crippen LogP contribution in [-0.2, 0) is 11.2 Å². The number of hydrogen-bond donors (Lipinski definition) is 1. The number of hydrogen-bond acceptors (Lipinski definition) is 2. The van der Waals surface area contributed by atoms with E-state index in [2.05, 4.69) is 30.4 Å². The third-order valence-corrected chi connectivity index (χ3v) is 2.60. The highest BCUT2D eigenvalue weighted by Gasteiger charge is 2.18. The molecule has 0 heterocycles. The largest absolute Gasteiger partial charge is 0.444 e. The Bertz CT molecular complexity index is 432. The summed E-state index contributed by atoms with van der Waals surface area (Å²) in [5.41, 5.74) is 0.713. The lowest BCUT2D eigenvalue weighted by molar-refractivity contribution is 0.0514. The van der Waals surface area contributed by atoms with Crippen LogP contribution in [0.1, 0.15) is 39.7 Å². The summed E-state index contributed by atoms with van der Waals surface area (Å²) >= 11 is 0. The Balaban J connectivity index is 2.65. The lowest BCUT2D eigenvalue weighted by Crippen LogP contribution is -2.39. The molecule has 1 aromatic carbocycles. The molecule has 0 radical (unpaired) electrons. The number of carbonyl (C=O) groups excluding carboxylic acids is 1. The fraction of sp³-hybridized carbons (Fsp3) is 0.471. The summed E-state index contributed by atoms with van der Waals surface area (Å²) in [6.45, 7) is 7.66.